The second-order valence-corrected chi connectivity index (χ2v) is 4.74. The Balaban J connectivity index is 1.96. The van der Waals surface area contributed by atoms with Gasteiger partial charge >= 0.3 is 0 Å². The van der Waals surface area contributed by atoms with E-state index in [9.17, 15) is 0 Å². The third-order valence-corrected chi connectivity index (χ3v) is 3.34. The Hall–Kier alpha value is -1.58. The lowest BCUT2D eigenvalue weighted by Crippen LogP contribution is -2.18. The van der Waals surface area contributed by atoms with Crippen molar-refractivity contribution >= 4 is 11.6 Å². The smallest absolute Gasteiger partial charge is 0.212 e. The molecular weight excluding hydrogens is 260 g/mol. The third kappa shape index (κ3) is 3.69. The molecule has 0 aliphatic carbocycles. The van der Waals surface area contributed by atoms with Crippen molar-refractivity contribution in [2.24, 2.45) is 0 Å². The third-order valence-electron chi connectivity index (χ3n) is 2.99. The Kier molecular flexibility index (Phi) is 4.77. The molecule has 0 unspecified atom stereocenters. The quantitative estimate of drug-likeness (QED) is 0.906. The molecule has 3 nitrogen and oxygen atoms in total. The number of aromatic nitrogens is 1. The van der Waals surface area contributed by atoms with E-state index in [1.54, 1.807) is 7.11 Å². The molecule has 0 amide bonds. The number of ether oxygens (including phenoxy) is 1. The van der Waals surface area contributed by atoms with E-state index in [-0.39, 0.29) is 6.04 Å². The van der Waals surface area contributed by atoms with Crippen molar-refractivity contribution in [1.29, 1.82) is 0 Å². The lowest BCUT2D eigenvalue weighted by Gasteiger charge is -2.15. The topological polar surface area (TPSA) is 34.1 Å². The lowest BCUT2D eigenvalue weighted by atomic mass is 10.1. The van der Waals surface area contributed by atoms with E-state index >= 15 is 0 Å². The van der Waals surface area contributed by atoms with Gasteiger partial charge in [-0.3, -0.25) is 0 Å². The minimum atomic E-state index is 0.191. The summed E-state index contributed by atoms with van der Waals surface area (Å²) in [7, 11) is 1.61. The van der Waals surface area contributed by atoms with Crippen LogP contribution in [0.2, 0.25) is 5.02 Å². The fourth-order valence-electron chi connectivity index (χ4n) is 1.84. The first kappa shape index (κ1) is 13.8. The minimum Gasteiger partial charge on any atom is -0.481 e. The molecule has 0 bridgehead atoms. The first-order chi connectivity index (χ1) is 9.20. The zero-order chi connectivity index (χ0) is 13.7. The van der Waals surface area contributed by atoms with Crippen LogP contribution in [-0.4, -0.2) is 12.1 Å². The molecule has 1 aromatic carbocycles. The average molecular weight is 277 g/mol. The van der Waals surface area contributed by atoms with Gasteiger partial charge in [-0.15, -0.1) is 0 Å². The zero-order valence-corrected chi connectivity index (χ0v) is 11.8. The molecule has 4 heteroatoms. The van der Waals surface area contributed by atoms with Crippen LogP contribution in [0.3, 0.4) is 0 Å². The summed E-state index contributed by atoms with van der Waals surface area (Å²) in [6, 6.07) is 11.9. The van der Waals surface area contributed by atoms with Crippen molar-refractivity contribution in [2.75, 3.05) is 7.11 Å². The van der Waals surface area contributed by atoms with Gasteiger partial charge in [-0.1, -0.05) is 35.9 Å². The van der Waals surface area contributed by atoms with Crippen molar-refractivity contribution in [2.45, 2.75) is 19.5 Å². The summed E-state index contributed by atoms with van der Waals surface area (Å²) < 4.78 is 5.03. The predicted molar refractivity (Wildman–Crippen MR) is 77.5 cm³/mol. The molecular formula is C15H17ClN2O. The zero-order valence-electron chi connectivity index (χ0n) is 11.1. The maximum atomic E-state index is 6.17. The summed E-state index contributed by atoms with van der Waals surface area (Å²) >= 11 is 6.17. The summed E-state index contributed by atoms with van der Waals surface area (Å²) in [5, 5.41) is 4.22. The molecule has 1 aromatic heterocycles. The van der Waals surface area contributed by atoms with E-state index in [2.05, 4.69) is 17.2 Å². The van der Waals surface area contributed by atoms with Gasteiger partial charge in [0.2, 0.25) is 5.88 Å². The predicted octanol–water partition coefficient (Wildman–Crippen LogP) is 3.59. The van der Waals surface area contributed by atoms with Crippen molar-refractivity contribution in [3.63, 3.8) is 0 Å². The largest absolute Gasteiger partial charge is 0.481 e. The molecule has 1 N–H and O–H groups in total. The second kappa shape index (κ2) is 6.55. The van der Waals surface area contributed by atoms with Crippen molar-refractivity contribution in [3.05, 3.63) is 58.7 Å². The van der Waals surface area contributed by atoms with Crippen LogP contribution in [0.1, 0.15) is 24.1 Å². The molecule has 1 heterocycles. The lowest BCUT2D eigenvalue weighted by molar-refractivity contribution is 0.397. The van der Waals surface area contributed by atoms with E-state index in [0.717, 1.165) is 22.7 Å². The SMILES string of the molecule is COc1ccc(CN[C@@H](C)c2ccccc2Cl)cn1. The van der Waals surface area contributed by atoms with Crippen LogP contribution in [0.15, 0.2) is 42.6 Å². The molecule has 0 radical (unpaired) electrons. The Bertz CT molecular complexity index is 528. The summed E-state index contributed by atoms with van der Waals surface area (Å²) in [5.74, 6) is 0.628. The van der Waals surface area contributed by atoms with Crippen LogP contribution >= 0.6 is 11.6 Å². The standard InChI is InChI=1S/C15H17ClN2O/c1-11(13-5-3-4-6-14(13)16)17-9-12-7-8-15(19-2)18-10-12/h3-8,10-11,17H,9H2,1-2H3/t11-/m0/s1. The van der Waals surface area contributed by atoms with Gasteiger partial charge in [0.1, 0.15) is 0 Å². The number of benzene rings is 1. The van der Waals surface area contributed by atoms with Gasteiger partial charge in [-0.05, 0) is 24.1 Å². The minimum absolute atomic E-state index is 0.191. The van der Waals surface area contributed by atoms with E-state index in [1.165, 1.54) is 0 Å². The maximum absolute atomic E-state index is 6.17. The fourth-order valence-corrected chi connectivity index (χ4v) is 2.14. The molecule has 0 aliphatic rings. The highest BCUT2D eigenvalue weighted by Gasteiger charge is 2.08. The van der Waals surface area contributed by atoms with Gasteiger partial charge in [0, 0.05) is 29.9 Å². The molecule has 0 fully saturated rings. The van der Waals surface area contributed by atoms with Gasteiger partial charge < -0.3 is 10.1 Å². The normalized spacial score (nSPS) is 12.2. The first-order valence-electron chi connectivity index (χ1n) is 6.17. The van der Waals surface area contributed by atoms with Gasteiger partial charge in [-0.25, -0.2) is 4.98 Å². The molecule has 0 aliphatic heterocycles. The number of halogens is 1. The highest BCUT2D eigenvalue weighted by Crippen LogP contribution is 2.22. The van der Waals surface area contributed by atoms with E-state index in [0.29, 0.717) is 5.88 Å². The van der Waals surface area contributed by atoms with Crippen LogP contribution in [-0.2, 0) is 6.54 Å². The van der Waals surface area contributed by atoms with Gasteiger partial charge in [0.15, 0.2) is 0 Å². The van der Waals surface area contributed by atoms with E-state index in [4.69, 9.17) is 16.3 Å². The number of rotatable bonds is 5. The van der Waals surface area contributed by atoms with Crippen molar-refractivity contribution < 1.29 is 4.74 Å². The van der Waals surface area contributed by atoms with E-state index in [1.807, 2.05) is 42.6 Å². The summed E-state index contributed by atoms with van der Waals surface area (Å²) in [6.45, 7) is 2.83. The molecule has 2 aromatic rings. The Labute approximate surface area is 118 Å². The van der Waals surface area contributed by atoms with E-state index < -0.39 is 0 Å². The second-order valence-electron chi connectivity index (χ2n) is 4.33. The fraction of sp³-hybridized carbons (Fsp3) is 0.267. The Morgan fingerprint density at radius 1 is 1.26 bits per heavy atom. The first-order valence-corrected chi connectivity index (χ1v) is 6.55. The van der Waals surface area contributed by atoms with Crippen LogP contribution in [0.5, 0.6) is 5.88 Å². The van der Waals surface area contributed by atoms with Gasteiger partial charge in [0.25, 0.3) is 0 Å². The molecule has 0 saturated heterocycles. The van der Waals surface area contributed by atoms with Crippen LogP contribution in [0.4, 0.5) is 0 Å². The average Bonchev–Trinajstić information content (AvgIpc) is 2.46. The molecule has 100 valence electrons. The number of nitrogens with one attached hydrogen (secondary N) is 1. The summed E-state index contributed by atoms with van der Waals surface area (Å²) in [5.41, 5.74) is 2.21. The van der Waals surface area contributed by atoms with Crippen molar-refractivity contribution in [1.82, 2.24) is 10.3 Å². The number of hydrogen-bond donors (Lipinski definition) is 1. The Morgan fingerprint density at radius 3 is 2.68 bits per heavy atom. The summed E-state index contributed by atoms with van der Waals surface area (Å²) in [4.78, 5) is 4.18. The number of hydrogen-bond acceptors (Lipinski definition) is 3. The number of pyridine rings is 1. The molecule has 0 spiro atoms. The highest BCUT2D eigenvalue weighted by atomic mass is 35.5. The molecule has 0 saturated carbocycles. The van der Waals surface area contributed by atoms with Crippen LogP contribution < -0.4 is 10.1 Å². The van der Waals surface area contributed by atoms with Gasteiger partial charge in [-0.2, -0.15) is 0 Å². The maximum Gasteiger partial charge on any atom is 0.212 e. The molecule has 19 heavy (non-hydrogen) atoms. The summed E-state index contributed by atoms with van der Waals surface area (Å²) in [6.07, 6.45) is 1.81. The molecule has 1 atom stereocenters. The number of methoxy groups -OCH3 is 1. The van der Waals surface area contributed by atoms with Crippen LogP contribution in [0.25, 0.3) is 0 Å². The monoisotopic (exact) mass is 276 g/mol. The highest BCUT2D eigenvalue weighted by molar-refractivity contribution is 6.31. The Morgan fingerprint density at radius 2 is 2.05 bits per heavy atom. The van der Waals surface area contributed by atoms with Crippen LogP contribution in [0, 0.1) is 0 Å². The molecule has 2 rings (SSSR count). The van der Waals surface area contributed by atoms with Crippen molar-refractivity contribution in [3.8, 4) is 5.88 Å². The number of nitrogens with zero attached hydrogens (tertiary/aromatic N) is 1. The van der Waals surface area contributed by atoms with Gasteiger partial charge in [0.05, 0.1) is 7.11 Å².